The number of carbonyl (C=O) groups is 1. The molecule has 3 rings (SSSR count). The van der Waals surface area contributed by atoms with Gasteiger partial charge in [0.2, 0.25) is 0 Å². The van der Waals surface area contributed by atoms with Crippen LogP contribution in [0, 0.1) is 12.7 Å². The van der Waals surface area contributed by atoms with Crippen molar-refractivity contribution in [2.24, 2.45) is 0 Å². The van der Waals surface area contributed by atoms with E-state index < -0.39 is 0 Å². The van der Waals surface area contributed by atoms with Gasteiger partial charge in [0.1, 0.15) is 11.6 Å². The highest BCUT2D eigenvalue weighted by Crippen LogP contribution is 2.19. The molecule has 2 heterocycles. The second-order valence-corrected chi connectivity index (χ2v) is 5.38. The Labute approximate surface area is 122 Å². The fraction of sp³-hybridized carbons (Fsp3) is 0.400. The third kappa shape index (κ3) is 2.53. The molecule has 1 aromatic carbocycles. The van der Waals surface area contributed by atoms with Gasteiger partial charge in [0, 0.05) is 18.5 Å². The summed E-state index contributed by atoms with van der Waals surface area (Å²) in [7, 11) is 0. The SMILES string of the molecule is Cc1cc(F)ccc1C(=O)NC(C)c1nnc2n1CCC2. The van der Waals surface area contributed by atoms with Crippen LogP contribution in [-0.2, 0) is 13.0 Å². The fourth-order valence-electron chi connectivity index (χ4n) is 2.71. The van der Waals surface area contributed by atoms with E-state index in [1.54, 1.807) is 6.92 Å². The molecule has 0 saturated heterocycles. The molecule has 1 unspecified atom stereocenters. The summed E-state index contributed by atoms with van der Waals surface area (Å²) < 4.78 is 15.2. The number of halogens is 1. The standard InChI is InChI=1S/C15H17FN4O/c1-9-8-11(16)5-6-12(9)15(21)17-10(2)14-19-18-13-4-3-7-20(13)14/h5-6,8,10H,3-4,7H2,1-2H3,(H,17,21). The van der Waals surface area contributed by atoms with Crippen LogP contribution < -0.4 is 5.32 Å². The van der Waals surface area contributed by atoms with Crippen LogP contribution in [0.2, 0.25) is 0 Å². The fourth-order valence-corrected chi connectivity index (χ4v) is 2.71. The number of aryl methyl sites for hydroxylation is 2. The average Bonchev–Trinajstić information content (AvgIpc) is 3.00. The van der Waals surface area contributed by atoms with E-state index in [0.29, 0.717) is 11.1 Å². The van der Waals surface area contributed by atoms with Gasteiger partial charge < -0.3 is 9.88 Å². The molecule has 21 heavy (non-hydrogen) atoms. The largest absolute Gasteiger partial charge is 0.342 e. The maximum absolute atomic E-state index is 13.1. The lowest BCUT2D eigenvalue weighted by atomic mass is 10.1. The molecule has 0 aliphatic carbocycles. The van der Waals surface area contributed by atoms with E-state index in [9.17, 15) is 9.18 Å². The average molecular weight is 288 g/mol. The monoisotopic (exact) mass is 288 g/mol. The molecule has 2 aromatic rings. The van der Waals surface area contributed by atoms with Gasteiger partial charge in [-0.3, -0.25) is 4.79 Å². The van der Waals surface area contributed by atoms with Crippen molar-refractivity contribution in [1.82, 2.24) is 20.1 Å². The first kappa shape index (κ1) is 13.7. The van der Waals surface area contributed by atoms with Crippen molar-refractivity contribution >= 4 is 5.91 Å². The van der Waals surface area contributed by atoms with E-state index in [1.165, 1.54) is 18.2 Å². The molecule has 5 nitrogen and oxygen atoms in total. The Morgan fingerprint density at radius 1 is 1.43 bits per heavy atom. The summed E-state index contributed by atoms with van der Waals surface area (Å²) in [5.41, 5.74) is 1.09. The van der Waals surface area contributed by atoms with Crippen molar-refractivity contribution in [2.45, 2.75) is 39.3 Å². The van der Waals surface area contributed by atoms with Crippen molar-refractivity contribution in [1.29, 1.82) is 0 Å². The van der Waals surface area contributed by atoms with Crippen LogP contribution in [0.3, 0.4) is 0 Å². The Kier molecular flexibility index (Phi) is 3.45. The summed E-state index contributed by atoms with van der Waals surface area (Å²) in [6.07, 6.45) is 2.00. The highest BCUT2D eigenvalue weighted by molar-refractivity contribution is 5.95. The summed E-state index contributed by atoms with van der Waals surface area (Å²) in [4.78, 5) is 12.3. The summed E-state index contributed by atoms with van der Waals surface area (Å²) >= 11 is 0. The number of rotatable bonds is 3. The van der Waals surface area contributed by atoms with Gasteiger partial charge in [-0.15, -0.1) is 10.2 Å². The van der Waals surface area contributed by atoms with Gasteiger partial charge in [0.25, 0.3) is 5.91 Å². The van der Waals surface area contributed by atoms with Crippen LogP contribution in [0.15, 0.2) is 18.2 Å². The Balaban J connectivity index is 1.77. The van der Waals surface area contributed by atoms with Crippen molar-refractivity contribution < 1.29 is 9.18 Å². The zero-order valence-corrected chi connectivity index (χ0v) is 12.1. The van der Waals surface area contributed by atoms with E-state index in [0.717, 1.165) is 31.0 Å². The zero-order chi connectivity index (χ0) is 15.0. The number of carbonyl (C=O) groups excluding carboxylic acids is 1. The van der Waals surface area contributed by atoms with Gasteiger partial charge in [-0.05, 0) is 44.0 Å². The van der Waals surface area contributed by atoms with Crippen molar-refractivity contribution in [2.75, 3.05) is 0 Å². The first-order chi connectivity index (χ1) is 10.1. The van der Waals surface area contributed by atoms with Crippen LogP contribution in [-0.4, -0.2) is 20.7 Å². The first-order valence-electron chi connectivity index (χ1n) is 7.05. The van der Waals surface area contributed by atoms with Gasteiger partial charge in [0.15, 0.2) is 5.82 Å². The second-order valence-electron chi connectivity index (χ2n) is 5.38. The molecule has 0 bridgehead atoms. The zero-order valence-electron chi connectivity index (χ0n) is 12.1. The van der Waals surface area contributed by atoms with Crippen molar-refractivity contribution in [3.63, 3.8) is 0 Å². The number of hydrogen-bond donors (Lipinski definition) is 1. The van der Waals surface area contributed by atoms with Gasteiger partial charge in [-0.2, -0.15) is 0 Å². The van der Waals surface area contributed by atoms with Crippen LogP contribution in [0.1, 0.15) is 47.0 Å². The normalized spacial score (nSPS) is 14.8. The number of aromatic nitrogens is 3. The topological polar surface area (TPSA) is 59.8 Å². The number of nitrogens with zero attached hydrogens (tertiary/aromatic N) is 3. The Hall–Kier alpha value is -2.24. The lowest BCUT2D eigenvalue weighted by molar-refractivity contribution is 0.0937. The van der Waals surface area contributed by atoms with Crippen LogP contribution in [0.4, 0.5) is 4.39 Å². The minimum atomic E-state index is -0.340. The molecule has 1 aliphatic heterocycles. The van der Waals surface area contributed by atoms with Crippen LogP contribution in [0.25, 0.3) is 0 Å². The molecule has 6 heteroatoms. The molecular weight excluding hydrogens is 271 g/mol. The summed E-state index contributed by atoms with van der Waals surface area (Å²) in [6.45, 7) is 4.50. The predicted molar refractivity (Wildman–Crippen MR) is 75.4 cm³/mol. The predicted octanol–water partition coefficient (Wildman–Crippen LogP) is 2.16. The summed E-state index contributed by atoms with van der Waals surface area (Å²) in [5.74, 6) is 1.18. The van der Waals surface area contributed by atoms with E-state index in [1.807, 2.05) is 6.92 Å². The molecule has 1 aromatic heterocycles. The lowest BCUT2D eigenvalue weighted by Gasteiger charge is -2.15. The van der Waals surface area contributed by atoms with Gasteiger partial charge in [-0.25, -0.2) is 4.39 Å². The molecule has 0 radical (unpaired) electrons. The van der Waals surface area contributed by atoms with E-state index in [2.05, 4.69) is 20.1 Å². The van der Waals surface area contributed by atoms with Crippen molar-refractivity contribution in [3.05, 3.63) is 46.8 Å². The molecule has 1 N–H and O–H groups in total. The molecule has 0 saturated carbocycles. The maximum Gasteiger partial charge on any atom is 0.252 e. The van der Waals surface area contributed by atoms with E-state index in [4.69, 9.17) is 0 Å². The molecule has 0 fully saturated rings. The summed E-state index contributed by atoms with van der Waals surface area (Å²) in [6, 6.07) is 3.91. The Morgan fingerprint density at radius 3 is 3.00 bits per heavy atom. The number of amides is 1. The van der Waals surface area contributed by atoms with E-state index >= 15 is 0 Å². The third-order valence-corrected chi connectivity index (χ3v) is 3.81. The molecule has 1 aliphatic rings. The Bertz CT molecular complexity index is 695. The minimum Gasteiger partial charge on any atom is -0.342 e. The Morgan fingerprint density at radius 2 is 2.24 bits per heavy atom. The third-order valence-electron chi connectivity index (χ3n) is 3.81. The first-order valence-corrected chi connectivity index (χ1v) is 7.05. The highest BCUT2D eigenvalue weighted by atomic mass is 19.1. The molecule has 1 amide bonds. The highest BCUT2D eigenvalue weighted by Gasteiger charge is 2.23. The smallest absolute Gasteiger partial charge is 0.252 e. The molecule has 1 atom stereocenters. The quantitative estimate of drug-likeness (QED) is 0.941. The lowest BCUT2D eigenvalue weighted by Crippen LogP contribution is -2.29. The van der Waals surface area contributed by atoms with Crippen LogP contribution in [0.5, 0.6) is 0 Å². The van der Waals surface area contributed by atoms with Gasteiger partial charge >= 0.3 is 0 Å². The second kappa shape index (κ2) is 5.27. The number of nitrogens with one attached hydrogen (secondary N) is 1. The summed E-state index contributed by atoms with van der Waals surface area (Å²) in [5, 5.41) is 11.2. The number of fused-ring (bicyclic) bond motifs is 1. The van der Waals surface area contributed by atoms with Gasteiger partial charge in [-0.1, -0.05) is 0 Å². The van der Waals surface area contributed by atoms with Gasteiger partial charge in [0.05, 0.1) is 6.04 Å². The molecular formula is C15H17FN4O. The van der Waals surface area contributed by atoms with E-state index in [-0.39, 0.29) is 17.8 Å². The van der Waals surface area contributed by atoms with Crippen molar-refractivity contribution in [3.8, 4) is 0 Å². The maximum atomic E-state index is 13.1. The number of benzene rings is 1. The number of hydrogen-bond acceptors (Lipinski definition) is 3. The minimum absolute atomic E-state index is 0.227. The van der Waals surface area contributed by atoms with Crippen LogP contribution >= 0.6 is 0 Å². The molecule has 0 spiro atoms. The molecule has 110 valence electrons.